The van der Waals surface area contributed by atoms with Gasteiger partial charge in [-0.15, -0.1) is 0 Å². The molecule has 0 atom stereocenters. The summed E-state index contributed by atoms with van der Waals surface area (Å²) in [5, 5.41) is 3.56. The Morgan fingerprint density at radius 1 is 1.15 bits per heavy atom. The average Bonchev–Trinajstić information content (AvgIpc) is 2.38. The Kier molecular flexibility index (Phi) is 8.24. The van der Waals surface area contributed by atoms with Gasteiger partial charge < -0.3 is 10.2 Å². The van der Waals surface area contributed by atoms with Crippen molar-refractivity contribution in [1.29, 1.82) is 0 Å². The van der Waals surface area contributed by atoms with Crippen LogP contribution in [0.25, 0.3) is 0 Å². The largest absolute Gasteiger partial charge is 0.371 e. The van der Waals surface area contributed by atoms with Gasteiger partial charge in [-0.05, 0) is 49.1 Å². The minimum atomic E-state index is 0.688. The van der Waals surface area contributed by atoms with E-state index in [4.69, 9.17) is 0 Å². The van der Waals surface area contributed by atoms with Gasteiger partial charge in [0, 0.05) is 29.8 Å². The van der Waals surface area contributed by atoms with E-state index in [9.17, 15) is 0 Å². The second-order valence-corrected chi connectivity index (χ2v) is 6.70. The van der Waals surface area contributed by atoms with Gasteiger partial charge in [0.15, 0.2) is 0 Å². The summed E-state index contributed by atoms with van der Waals surface area (Å²) in [5.74, 6) is 0.688. The lowest BCUT2D eigenvalue weighted by Crippen LogP contribution is -2.27. The molecular weight excluding hydrogens is 312 g/mol. The van der Waals surface area contributed by atoms with Crippen molar-refractivity contribution in [2.75, 3.05) is 24.5 Å². The number of hydrogen-bond acceptors (Lipinski definition) is 2. The van der Waals surface area contributed by atoms with Crippen LogP contribution in [0.5, 0.6) is 0 Å². The third kappa shape index (κ3) is 5.84. The van der Waals surface area contributed by atoms with E-state index < -0.39 is 0 Å². The molecule has 0 radical (unpaired) electrons. The zero-order chi connectivity index (χ0) is 15.0. The van der Waals surface area contributed by atoms with Gasteiger partial charge in [-0.2, -0.15) is 0 Å². The standard InChI is InChI=1S/C17H29BrN2/c1-5-9-20(10-6-2)17-8-7-16(18)11-15(17)13-19-12-14(3)4/h7-8,11,14,19H,5-6,9-10,12-13H2,1-4H3. The Balaban J connectivity index is 2.86. The van der Waals surface area contributed by atoms with Crippen LogP contribution in [0.15, 0.2) is 22.7 Å². The first-order valence-corrected chi connectivity index (χ1v) is 8.61. The van der Waals surface area contributed by atoms with Gasteiger partial charge in [-0.1, -0.05) is 43.6 Å². The maximum atomic E-state index is 3.60. The summed E-state index contributed by atoms with van der Waals surface area (Å²) < 4.78 is 1.16. The predicted molar refractivity (Wildman–Crippen MR) is 93.5 cm³/mol. The maximum absolute atomic E-state index is 3.60. The number of anilines is 1. The van der Waals surface area contributed by atoms with Crippen molar-refractivity contribution in [2.45, 2.75) is 47.1 Å². The molecule has 0 heterocycles. The van der Waals surface area contributed by atoms with Crippen LogP contribution in [0, 0.1) is 5.92 Å². The maximum Gasteiger partial charge on any atom is 0.0412 e. The molecule has 1 aromatic rings. The molecule has 1 aromatic carbocycles. The Bertz CT molecular complexity index is 385. The van der Waals surface area contributed by atoms with E-state index >= 15 is 0 Å². The van der Waals surface area contributed by atoms with E-state index in [-0.39, 0.29) is 0 Å². The van der Waals surface area contributed by atoms with Crippen molar-refractivity contribution < 1.29 is 0 Å². The first kappa shape index (κ1) is 17.5. The fourth-order valence-corrected chi connectivity index (χ4v) is 2.80. The molecule has 0 saturated carbocycles. The molecule has 0 amide bonds. The highest BCUT2D eigenvalue weighted by molar-refractivity contribution is 9.10. The first-order chi connectivity index (χ1) is 9.58. The smallest absolute Gasteiger partial charge is 0.0412 e. The fourth-order valence-electron chi connectivity index (χ4n) is 2.39. The predicted octanol–water partition coefficient (Wildman–Crippen LogP) is 4.82. The summed E-state index contributed by atoms with van der Waals surface area (Å²) in [6, 6.07) is 6.66. The molecule has 0 aliphatic rings. The van der Waals surface area contributed by atoms with Gasteiger partial charge in [0.05, 0.1) is 0 Å². The Morgan fingerprint density at radius 2 is 1.80 bits per heavy atom. The second kappa shape index (κ2) is 9.41. The highest BCUT2D eigenvalue weighted by atomic mass is 79.9. The molecule has 0 spiro atoms. The minimum Gasteiger partial charge on any atom is -0.371 e. The summed E-state index contributed by atoms with van der Waals surface area (Å²) in [6.07, 6.45) is 2.38. The zero-order valence-electron chi connectivity index (χ0n) is 13.4. The summed E-state index contributed by atoms with van der Waals surface area (Å²) in [7, 11) is 0. The first-order valence-electron chi connectivity index (χ1n) is 7.82. The molecule has 1 rings (SSSR count). The topological polar surface area (TPSA) is 15.3 Å². The molecule has 1 N–H and O–H groups in total. The third-order valence-corrected chi connectivity index (χ3v) is 3.73. The van der Waals surface area contributed by atoms with E-state index in [1.54, 1.807) is 0 Å². The lowest BCUT2D eigenvalue weighted by Gasteiger charge is -2.27. The second-order valence-electron chi connectivity index (χ2n) is 5.78. The monoisotopic (exact) mass is 340 g/mol. The van der Waals surface area contributed by atoms with Crippen LogP contribution in [-0.4, -0.2) is 19.6 Å². The van der Waals surface area contributed by atoms with Crippen LogP contribution >= 0.6 is 15.9 Å². The molecule has 114 valence electrons. The summed E-state index contributed by atoms with van der Waals surface area (Å²) in [4.78, 5) is 2.51. The van der Waals surface area contributed by atoms with Crippen molar-refractivity contribution in [1.82, 2.24) is 5.32 Å². The van der Waals surface area contributed by atoms with Crippen LogP contribution in [-0.2, 0) is 6.54 Å². The van der Waals surface area contributed by atoms with Crippen molar-refractivity contribution in [3.05, 3.63) is 28.2 Å². The number of hydrogen-bond donors (Lipinski definition) is 1. The summed E-state index contributed by atoms with van der Waals surface area (Å²) in [6.45, 7) is 13.3. The average molecular weight is 341 g/mol. The number of nitrogens with zero attached hydrogens (tertiary/aromatic N) is 1. The van der Waals surface area contributed by atoms with Gasteiger partial charge in [0.1, 0.15) is 0 Å². The highest BCUT2D eigenvalue weighted by Crippen LogP contribution is 2.25. The molecule has 0 aliphatic carbocycles. The van der Waals surface area contributed by atoms with Crippen LogP contribution in [0.3, 0.4) is 0 Å². The quantitative estimate of drug-likeness (QED) is 0.693. The van der Waals surface area contributed by atoms with Gasteiger partial charge >= 0.3 is 0 Å². The van der Waals surface area contributed by atoms with Gasteiger partial charge in [0.25, 0.3) is 0 Å². The van der Waals surface area contributed by atoms with Gasteiger partial charge in [0.2, 0.25) is 0 Å². The molecule has 2 nitrogen and oxygen atoms in total. The van der Waals surface area contributed by atoms with Crippen LogP contribution in [0.1, 0.15) is 46.1 Å². The SMILES string of the molecule is CCCN(CCC)c1ccc(Br)cc1CNCC(C)C. The molecule has 0 unspecified atom stereocenters. The van der Waals surface area contributed by atoms with E-state index in [1.807, 2.05) is 0 Å². The van der Waals surface area contributed by atoms with E-state index in [2.05, 4.69) is 72.0 Å². The van der Waals surface area contributed by atoms with Crippen LogP contribution in [0.2, 0.25) is 0 Å². The molecule has 0 bridgehead atoms. The summed E-state index contributed by atoms with van der Waals surface area (Å²) in [5.41, 5.74) is 2.77. The van der Waals surface area contributed by atoms with E-state index in [0.29, 0.717) is 5.92 Å². The highest BCUT2D eigenvalue weighted by Gasteiger charge is 2.10. The van der Waals surface area contributed by atoms with Crippen LogP contribution < -0.4 is 10.2 Å². The molecule has 0 aliphatic heterocycles. The number of benzene rings is 1. The van der Waals surface area contributed by atoms with Crippen molar-refractivity contribution in [3.63, 3.8) is 0 Å². The molecule has 0 saturated heterocycles. The molecule has 3 heteroatoms. The van der Waals surface area contributed by atoms with Crippen molar-refractivity contribution in [3.8, 4) is 0 Å². The number of rotatable bonds is 9. The lowest BCUT2D eigenvalue weighted by atomic mass is 10.1. The molecule has 20 heavy (non-hydrogen) atoms. The van der Waals surface area contributed by atoms with E-state index in [1.165, 1.54) is 24.1 Å². The molecule has 0 aromatic heterocycles. The third-order valence-electron chi connectivity index (χ3n) is 3.24. The van der Waals surface area contributed by atoms with Gasteiger partial charge in [-0.3, -0.25) is 0 Å². The lowest BCUT2D eigenvalue weighted by molar-refractivity contribution is 0.551. The van der Waals surface area contributed by atoms with E-state index in [0.717, 1.165) is 30.7 Å². The Morgan fingerprint density at radius 3 is 2.35 bits per heavy atom. The van der Waals surface area contributed by atoms with Gasteiger partial charge in [-0.25, -0.2) is 0 Å². The van der Waals surface area contributed by atoms with Crippen LogP contribution in [0.4, 0.5) is 5.69 Å². The summed E-state index contributed by atoms with van der Waals surface area (Å²) >= 11 is 3.60. The van der Waals surface area contributed by atoms with Crippen molar-refractivity contribution in [2.24, 2.45) is 5.92 Å². The Hall–Kier alpha value is -0.540. The molecule has 0 fully saturated rings. The van der Waals surface area contributed by atoms with Crippen molar-refractivity contribution >= 4 is 21.6 Å². The molecular formula is C17H29BrN2. The minimum absolute atomic E-state index is 0.688. The Labute approximate surface area is 133 Å². The fraction of sp³-hybridized carbons (Fsp3) is 0.647. The number of nitrogens with one attached hydrogen (secondary N) is 1. The zero-order valence-corrected chi connectivity index (χ0v) is 15.0. The number of halogens is 1. The normalized spacial score (nSPS) is 11.1.